The van der Waals surface area contributed by atoms with E-state index in [1.54, 1.807) is 6.20 Å². The van der Waals surface area contributed by atoms with Gasteiger partial charge in [0.25, 0.3) is 0 Å². The Bertz CT molecular complexity index is 490. The Morgan fingerprint density at radius 3 is 2.72 bits per heavy atom. The second kappa shape index (κ2) is 5.78. The van der Waals surface area contributed by atoms with Gasteiger partial charge in [0.2, 0.25) is 0 Å². The summed E-state index contributed by atoms with van der Waals surface area (Å²) in [7, 11) is 0. The van der Waals surface area contributed by atoms with Gasteiger partial charge in [-0.2, -0.15) is 5.10 Å². The van der Waals surface area contributed by atoms with Gasteiger partial charge in [-0.25, -0.2) is 0 Å². The molecule has 2 aromatic heterocycles. The number of nitrogens with zero attached hydrogens (tertiary/aromatic N) is 3. The van der Waals surface area contributed by atoms with Crippen LogP contribution in [0.15, 0.2) is 30.6 Å². The molecule has 2 N–H and O–H groups in total. The Balaban J connectivity index is 2.41. The highest BCUT2D eigenvalue weighted by molar-refractivity contribution is 5.19. The van der Waals surface area contributed by atoms with E-state index in [0.717, 1.165) is 24.1 Å². The second-order valence-corrected chi connectivity index (χ2v) is 4.32. The third kappa shape index (κ3) is 2.43. The number of pyridine rings is 1. The van der Waals surface area contributed by atoms with Gasteiger partial charge in [-0.1, -0.05) is 19.9 Å². The van der Waals surface area contributed by atoms with Crippen molar-refractivity contribution in [1.82, 2.24) is 14.8 Å². The largest absolute Gasteiger partial charge is 0.328 e. The summed E-state index contributed by atoms with van der Waals surface area (Å²) in [6.45, 7) is 4.79. The number of hydrogen-bond acceptors (Lipinski definition) is 3. The van der Waals surface area contributed by atoms with Crippen LogP contribution in [-0.2, 0) is 12.8 Å². The van der Waals surface area contributed by atoms with Crippen molar-refractivity contribution in [3.63, 3.8) is 0 Å². The highest BCUT2D eigenvalue weighted by atomic mass is 15.3. The summed E-state index contributed by atoms with van der Waals surface area (Å²) in [6, 6.07) is 6.23. The average Bonchev–Trinajstić information content (AvgIpc) is 2.84. The molecule has 0 aliphatic heterocycles. The minimum atomic E-state index is 0.0777. The molecule has 0 spiro atoms. The molecular weight excluding hydrogens is 224 g/mol. The lowest BCUT2D eigenvalue weighted by molar-refractivity contribution is 0.506. The zero-order valence-electron chi connectivity index (χ0n) is 11.0. The maximum absolute atomic E-state index is 5.92. The molecule has 0 radical (unpaired) electrons. The van der Waals surface area contributed by atoms with E-state index in [0.29, 0.717) is 6.54 Å². The van der Waals surface area contributed by atoms with Crippen molar-refractivity contribution in [3.05, 3.63) is 47.5 Å². The maximum atomic E-state index is 5.92. The van der Waals surface area contributed by atoms with E-state index in [9.17, 15) is 0 Å². The summed E-state index contributed by atoms with van der Waals surface area (Å²) >= 11 is 0. The number of hydrogen-bond donors (Lipinski definition) is 1. The molecular formula is C14H20N4. The molecule has 1 atom stereocenters. The molecule has 4 heteroatoms. The number of nitrogens with two attached hydrogens (primary N) is 1. The van der Waals surface area contributed by atoms with Crippen LogP contribution in [-0.4, -0.2) is 21.3 Å². The van der Waals surface area contributed by atoms with E-state index in [-0.39, 0.29) is 6.04 Å². The van der Waals surface area contributed by atoms with Crippen molar-refractivity contribution in [2.45, 2.75) is 32.7 Å². The molecule has 18 heavy (non-hydrogen) atoms. The number of aromatic nitrogens is 3. The van der Waals surface area contributed by atoms with Gasteiger partial charge in [-0.3, -0.25) is 9.67 Å². The fourth-order valence-electron chi connectivity index (χ4n) is 2.15. The molecule has 0 amide bonds. The first-order valence-corrected chi connectivity index (χ1v) is 6.47. The highest BCUT2D eigenvalue weighted by Gasteiger charge is 2.16. The van der Waals surface area contributed by atoms with Gasteiger partial charge >= 0.3 is 0 Å². The third-order valence-electron chi connectivity index (χ3n) is 3.18. The summed E-state index contributed by atoms with van der Waals surface area (Å²) in [6.07, 6.45) is 5.55. The summed E-state index contributed by atoms with van der Waals surface area (Å²) in [5, 5.41) is 4.66. The molecule has 0 bridgehead atoms. The molecule has 4 nitrogen and oxygen atoms in total. The van der Waals surface area contributed by atoms with Crippen LogP contribution in [0.25, 0.3) is 0 Å². The first kappa shape index (κ1) is 12.8. The Kier molecular flexibility index (Phi) is 4.10. The lowest BCUT2D eigenvalue weighted by Gasteiger charge is -2.18. The first-order valence-electron chi connectivity index (χ1n) is 6.47. The zero-order chi connectivity index (χ0) is 13.0. The Labute approximate surface area is 108 Å². The van der Waals surface area contributed by atoms with Crippen LogP contribution in [0, 0.1) is 0 Å². The van der Waals surface area contributed by atoms with Gasteiger partial charge in [-0.15, -0.1) is 0 Å². The van der Waals surface area contributed by atoms with E-state index in [1.807, 2.05) is 12.3 Å². The Hall–Kier alpha value is -1.68. The van der Waals surface area contributed by atoms with E-state index in [1.165, 1.54) is 5.69 Å². The molecule has 96 valence electrons. The maximum Gasteiger partial charge on any atom is 0.0908 e. The van der Waals surface area contributed by atoms with E-state index < -0.39 is 0 Å². The van der Waals surface area contributed by atoms with Crippen LogP contribution >= 0.6 is 0 Å². The SMILES string of the molecule is CCc1cc(CC)n(C(CN)c2cccnc2)n1. The zero-order valence-corrected chi connectivity index (χ0v) is 11.0. The highest BCUT2D eigenvalue weighted by Crippen LogP contribution is 2.19. The molecule has 0 saturated carbocycles. The standard InChI is InChI=1S/C14H20N4/c1-3-12-8-13(4-2)18(17-12)14(9-15)11-6-5-7-16-10-11/h5-8,10,14H,3-4,9,15H2,1-2H3. The van der Waals surface area contributed by atoms with Crippen molar-refractivity contribution in [2.75, 3.05) is 6.54 Å². The molecule has 0 fully saturated rings. The topological polar surface area (TPSA) is 56.7 Å². The number of rotatable bonds is 5. The van der Waals surface area contributed by atoms with Crippen LogP contribution in [0.4, 0.5) is 0 Å². The van der Waals surface area contributed by atoms with Crippen molar-refractivity contribution in [1.29, 1.82) is 0 Å². The van der Waals surface area contributed by atoms with Gasteiger partial charge in [-0.05, 0) is 30.5 Å². The Morgan fingerprint density at radius 1 is 1.33 bits per heavy atom. The van der Waals surface area contributed by atoms with Gasteiger partial charge < -0.3 is 5.73 Å². The molecule has 1 unspecified atom stereocenters. The molecule has 0 aromatic carbocycles. The minimum Gasteiger partial charge on any atom is -0.328 e. The van der Waals surface area contributed by atoms with E-state index in [4.69, 9.17) is 5.73 Å². The second-order valence-electron chi connectivity index (χ2n) is 4.32. The first-order chi connectivity index (χ1) is 8.80. The molecule has 2 rings (SSSR count). The minimum absolute atomic E-state index is 0.0777. The monoisotopic (exact) mass is 244 g/mol. The fraction of sp³-hybridized carbons (Fsp3) is 0.429. The smallest absolute Gasteiger partial charge is 0.0908 e. The molecule has 2 heterocycles. The van der Waals surface area contributed by atoms with Gasteiger partial charge in [0.1, 0.15) is 0 Å². The molecule has 0 aliphatic rings. The van der Waals surface area contributed by atoms with Crippen molar-refractivity contribution in [3.8, 4) is 0 Å². The third-order valence-corrected chi connectivity index (χ3v) is 3.18. The Morgan fingerprint density at radius 2 is 2.17 bits per heavy atom. The predicted molar refractivity (Wildman–Crippen MR) is 72.4 cm³/mol. The molecule has 0 saturated heterocycles. The van der Waals surface area contributed by atoms with E-state index in [2.05, 4.69) is 40.7 Å². The predicted octanol–water partition coefficient (Wildman–Crippen LogP) is 1.95. The van der Waals surface area contributed by atoms with Gasteiger partial charge in [0.05, 0.1) is 11.7 Å². The lowest BCUT2D eigenvalue weighted by Crippen LogP contribution is -2.23. The summed E-state index contributed by atoms with van der Waals surface area (Å²) in [5.41, 5.74) is 9.38. The normalized spacial score (nSPS) is 12.6. The van der Waals surface area contributed by atoms with Crippen molar-refractivity contribution in [2.24, 2.45) is 5.73 Å². The van der Waals surface area contributed by atoms with Crippen LogP contribution < -0.4 is 5.73 Å². The van der Waals surface area contributed by atoms with Crippen LogP contribution in [0.5, 0.6) is 0 Å². The summed E-state index contributed by atoms with van der Waals surface area (Å²) in [4.78, 5) is 4.16. The number of aryl methyl sites for hydroxylation is 2. The van der Waals surface area contributed by atoms with Gasteiger partial charge in [0.15, 0.2) is 0 Å². The summed E-state index contributed by atoms with van der Waals surface area (Å²) in [5.74, 6) is 0. The lowest BCUT2D eigenvalue weighted by atomic mass is 10.1. The quantitative estimate of drug-likeness (QED) is 0.874. The molecule has 2 aromatic rings. The van der Waals surface area contributed by atoms with E-state index >= 15 is 0 Å². The van der Waals surface area contributed by atoms with Crippen LogP contribution in [0.1, 0.15) is 36.8 Å². The fourth-order valence-corrected chi connectivity index (χ4v) is 2.15. The van der Waals surface area contributed by atoms with Crippen LogP contribution in [0.2, 0.25) is 0 Å². The van der Waals surface area contributed by atoms with Crippen molar-refractivity contribution >= 4 is 0 Å². The molecule has 0 aliphatic carbocycles. The van der Waals surface area contributed by atoms with Gasteiger partial charge in [0, 0.05) is 24.6 Å². The summed E-state index contributed by atoms with van der Waals surface area (Å²) < 4.78 is 2.05. The average molecular weight is 244 g/mol. The van der Waals surface area contributed by atoms with Crippen LogP contribution in [0.3, 0.4) is 0 Å². The van der Waals surface area contributed by atoms with Crippen molar-refractivity contribution < 1.29 is 0 Å².